The van der Waals surface area contributed by atoms with Crippen molar-refractivity contribution < 1.29 is 5.11 Å². The molecule has 0 saturated heterocycles. The molecule has 0 amide bonds. The molecule has 0 aromatic carbocycles. The lowest BCUT2D eigenvalue weighted by atomic mass is 10.1. The molecule has 0 aliphatic carbocycles. The van der Waals surface area contributed by atoms with Gasteiger partial charge in [0, 0.05) is 24.9 Å². The van der Waals surface area contributed by atoms with Crippen molar-refractivity contribution in [1.82, 2.24) is 14.8 Å². The highest BCUT2D eigenvalue weighted by atomic mass is 35.5. The van der Waals surface area contributed by atoms with Crippen molar-refractivity contribution in [1.29, 1.82) is 0 Å². The van der Waals surface area contributed by atoms with Crippen LogP contribution in [-0.2, 0) is 19.4 Å². The van der Waals surface area contributed by atoms with Crippen molar-refractivity contribution in [2.24, 2.45) is 0 Å². The van der Waals surface area contributed by atoms with E-state index in [9.17, 15) is 5.11 Å². The van der Waals surface area contributed by atoms with Gasteiger partial charge in [-0.15, -0.1) is 0 Å². The molecule has 1 unspecified atom stereocenters. The van der Waals surface area contributed by atoms with Crippen LogP contribution in [0.15, 0.2) is 24.4 Å². The SMILES string of the molecule is CCc1cc(CC(O)c2ncccc2Cl)n(CC)n1. The summed E-state index contributed by atoms with van der Waals surface area (Å²) in [5, 5.41) is 15.2. The predicted octanol–water partition coefficient (Wildman–Crippen LogP) is 2.79. The molecule has 2 aromatic rings. The molecule has 0 radical (unpaired) electrons. The summed E-state index contributed by atoms with van der Waals surface area (Å²) in [6.45, 7) is 4.90. The summed E-state index contributed by atoms with van der Waals surface area (Å²) in [4.78, 5) is 4.15. The Labute approximate surface area is 118 Å². The number of hydrogen-bond acceptors (Lipinski definition) is 3. The Morgan fingerprint density at radius 2 is 2.21 bits per heavy atom. The summed E-state index contributed by atoms with van der Waals surface area (Å²) >= 11 is 6.05. The number of aliphatic hydroxyl groups excluding tert-OH is 1. The summed E-state index contributed by atoms with van der Waals surface area (Å²) in [6, 6.07) is 5.52. The molecule has 0 spiro atoms. The van der Waals surface area contributed by atoms with Crippen LogP contribution in [0.2, 0.25) is 5.02 Å². The molecule has 0 saturated carbocycles. The molecule has 19 heavy (non-hydrogen) atoms. The highest BCUT2D eigenvalue weighted by Gasteiger charge is 2.16. The van der Waals surface area contributed by atoms with Crippen molar-refractivity contribution in [3.8, 4) is 0 Å². The Hall–Kier alpha value is -1.39. The molecule has 1 N–H and O–H groups in total. The van der Waals surface area contributed by atoms with Gasteiger partial charge in [-0.2, -0.15) is 5.10 Å². The summed E-state index contributed by atoms with van der Waals surface area (Å²) in [5.41, 5.74) is 2.57. The minimum Gasteiger partial charge on any atom is -0.386 e. The van der Waals surface area contributed by atoms with Gasteiger partial charge in [-0.05, 0) is 31.5 Å². The van der Waals surface area contributed by atoms with Gasteiger partial charge in [-0.3, -0.25) is 9.67 Å². The van der Waals surface area contributed by atoms with E-state index < -0.39 is 6.10 Å². The summed E-state index contributed by atoms with van der Waals surface area (Å²) < 4.78 is 1.92. The zero-order chi connectivity index (χ0) is 13.8. The molecule has 0 bridgehead atoms. The first kappa shape index (κ1) is 14.0. The van der Waals surface area contributed by atoms with Crippen LogP contribution in [0.25, 0.3) is 0 Å². The molecular formula is C14H18ClN3O. The van der Waals surface area contributed by atoms with Gasteiger partial charge in [0.25, 0.3) is 0 Å². The van der Waals surface area contributed by atoms with E-state index in [4.69, 9.17) is 11.6 Å². The van der Waals surface area contributed by atoms with E-state index in [-0.39, 0.29) is 0 Å². The predicted molar refractivity (Wildman–Crippen MR) is 75.2 cm³/mol. The molecule has 4 nitrogen and oxygen atoms in total. The van der Waals surface area contributed by atoms with Gasteiger partial charge in [0.15, 0.2) is 0 Å². The largest absolute Gasteiger partial charge is 0.386 e. The van der Waals surface area contributed by atoms with Crippen LogP contribution >= 0.6 is 11.6 Å². The number of hydrogen-bond donors (Lipinski definition) is 1. The minimum absolute atomic E-state index is 0.470. The topological polar surface area (TPSA) is 50.9 Å². The molecule has 0 aliphatic rings. The van der Waals surface area contributed by atoms with E-state index >= 15 is 0 Å². The second kappa shape index (κ2) is 6.17. The number of rotatable bonds is 5. The van der Waals surface area contributed by atoms with E-state index in [2.05, 4.69) is 17.0 Å². The molecule has 2 rings (SSSR count). The maximum atomic E-state index is 10.3. The van der Waals surface area contributed by atoms with Gasteiger partial charge in [-0.25, -0.2) is 0 Å². The zero-order valence-electron chi connectivity index (χ0n) is 11.2. The van der Waals surface area contributed by atoms with E-state index in [1.54, 1.807) is 18.3 Å². The van der Waals surface area contributed by atoms with Gasteiger partial charge < -0.3 is 5.11 Å². The van der Waals surface area contributed by atoms with Gasteiger partial charge in [-0.1, -0.05) is 18.5 Å². The third-order valence-electron chi connectivity index (χ3n) is 3.08. The molecule has 5 heteroatoms. The molecule has 2 aromatic heterocycles. The Kier molecular flexibility index (Phi) is 4.56. The van der Waals surface area contributed by atoms with E-state index in [1.165, 1.54) is 0 Å². The third kappa shape index (κ3) is 3.14. The number of halogens is 1. The maximum absolute atomic E-state index is 10.3. The van der Waals surface area contributed by atoms with Crippen molar-refractivity contribution in [2.45, 2.75) is 39.3 Å². The molecule has 102 valence electrons. The van der Waals surface area contributed by atoms with E-state index in [1.807, 2.05) is 17.7 Å². The number of aryl methyl sites for hydroxylation is 2. The van der Waals surface area contributed by atoms with Crippen LogP contribution in [0.4, 0.5) is 0 Å². The fourth-order valence-electron chi connectivity index (χ4n) is 2.06. The summed E-state index contributed by atoms with van der Waals surface area (Å²) in [5.74, 6) is 0. The van der Waals surface area contributed by atoms with Crippen LogP contribution in [-0.4, -0.2) is 19.9 Å². The number of nitrogens with zero attached hydrogens (tertiary/aromatic N) is 3. The molecule has 0 aliphatic heterocycles. The molecule has 0 fully saturated rings. The van der Waals surface area contributed by atoms with Crippen molar-refractivity contribution >= 4 is 11.6 Å². The highest BCUT2D eigenvalue weighted by molar-refractivity contribution is 6.31. The lowest BCUT2D eigenvalue weighted by Gasteiger charge is -2.12. The third-order valence-corrected chi connectivity index (χ3v) is 3.40. The average molecular weight is 280 g/mol. The highest BCUT2D eigenvalue weighted by Crippen LogP contribution is 2.23. The van der Waals surface area contributed by atoms with Gasteiger partial charge in [0.05, 0.1) is 16.4 Å². The summed E-state index contributed by atoms with van der Waals surface area (Å²) in [7, 11) is 0. The Bertz CT molecular complexity index is 553. The molecule has 1 atom stereocenters. The maximum Gasteiger partial charge on any atom is 0.103 e. The Morgan fingerprint density at radius 1 is 1.42 bits per heavy atom. The van der Waals surface area contributed by atoms with Crippen LogP contribution in [0.1, 0.15) is 37.0 Å². The molecule has 2 heterocycles. The van der Waals surface area contributed by atoms with Crippen molar-refractivity contribution in [3.63, 3.8) is 0 Å². The molecular weight excluding hydrogens is 262 g/mol. The van der Waals surface area contributed by atoms with E-state index in [0.29, 0.717) is 17.1 Å². The van der Waals surface area contributed by atoms with Crippen LogP contribution in [0, 0.1) is 0 Å². The summed E-state index contributed by atoms with van der Waals surface area (Å²) in [6.07, 6.45) is 2.29. The lowest BCUT2D eigenvalue weighted by Crippen LogP contribution is -2.10. The quantitative estimate of drug-likeness (QED) is 0.916. The normalized spacial score (nSPS) is 12.6. The minimum atomic E-state index is -0.708. The van der Waals surface area contributed by atoms with Gasteiger partial charge in [0.2, 0.25) is 0 Å². The smallest absolute Gasteiger partial charge is 0.103 e. The van der Waals surface area contributed by atoms with Crippen LogP contribution in [0.5, 0.6) is 0 Å². The number of pyridine rings is 1. The standard InChI is InChI=1S/C14H18ClN3O/c1-3-10-8-11(18(4-2)17-10)9-13(19)14-12(15)6-5-7-16-14/h5-8,13,19H,3-4,9H2,1-2H3. The Morgan fingerprint density at radius 3 is 2.84 bits per heavy atom. The first-order valence-corrected chi connectivity index (χ1v) is 6.87. The zero-order valence-corrected chi connectivity index (χ0v) is 11.9. The second-order valence-electron chi connectivity index (χ2n) is 4.39. The lowest BCUT2D eigenvalue weighted by molar-refractivity contribution is 0.171. The van der Waals surface area contributed by atoms with Gasteiger partial charge >= 0.3 is 0 Å². The van der Waals surface area contributed by atoms with E-state index in [0.717, 1.165) is 24.4 Å². The fourth-order valence-corrected chi connectivity index (χ4v) is 2.31. The number of aliphatic hydroxyl groups is 1. The van der Waals surface area contributed by atoms with Crippen LogP contribution < -0.4 is 0 Å². The fraction of sp³-hybridized carbons (Fsp3) is 0.429. The van der Waals surface area contributed by atoms with Crippen molar-refractivity contribution in [3.05, 3.63) is 46.5 Å². The monoisotopic (exact) mass is 279 g/mol. The first-order valence-electron chi connectivity index (χ1n) is 6.49. The van der Waals surface area contributed by atoms with Crippen LogP contribution in [0.3, 0.4) is 0 Å². The van der Waals surface area contributed by atoms with Gasteiger partial charge in [0.1, 0.15) is 6.10 Å². The second-order valence-corrected chi connectivity index (χ2v) is 4.79. The Balaban J connectivity index is 2.21. The first-order chi connectivity index (χ1) is 9.15. The van der Waals surface area contributed by atoms with Crippen molar-refractivity contribution in [2.75, 3.05) is 0 Å². The number of aromatic nitrogens is 3. The average Bonchev–Trinajstić information content (AvgIpc) is 2.81.